The van der Waals surface area contributed by atoms with Gasteiger partial charge in [-0.15, -0.1) is 0 Å². The lowest BCUT2D eigenvalue weighted by Crippen LogP contribution is -2.53. The van der Waals surface area contributed by atoms with Gasteiger partial charge in [0, 0.05) is 6.54 Å². The average Bonchev–Trinajstić information content (AvgIpc) is 3.27. The summed E-state index contributed by atoms with van der Waals surface area (Å²) >= 11 is 0. The number of rotatable bonds is 16. The maximum absolute atomic E-state index is 14.0. The first-order chi connectivity index (χ1) is 16.3. The van der Waals surface area contributed by atoms with Crippen LogP contribution in [0.15, 0.2) is 0 Å². The van der Waals surface area contributed by atoms with E-state index < -0.39 is 0 Å². The number of amides is 3. The SMILES string of the molecule is CCN(CC)C[C@H]1C(=O)N(CN(CC)CC)[C@@H]2[C@H]1N(CN(CC)CC)C(=O)N2CN(CC)CC. The predicted octanol–water partition coefficient (Wildman–Crippen LogP) is 2.12. The minimum Gasteiger partial charge on any atom is -0.306 e. The first kappa shape index (κ1) is 28.8. The van der Waals surface area contributed by atoms with Crippen molar-refractivity contribution in [3.05, 3.63) is 0 Å². The van der Waals surface area contributed by atoms with Gasteiger partial charge in [0.15, 0.2) is 0 Å². The molecule has 0 aromatic carbocycles. The van der Waals surface area contributed by atoms with E-state index in [1.807, 2.05) is 14.7 Å². The summed E-state index contributed by atoms with van der Waals surface area (Å²) in [4.78, 5) is 43.1. The molecule has 0 N–H and O–H groups in total. The van der Waals surface area contributed by atoms with Crippen LogP contribution in [-0.2, 0) is 4.79 Å². The van der Waals surface area contributed by atoms with Gasteiger partial charge in [-0.1, -0.05) is 55.4 Å². The maximum Gasteiger partial charge on any atom is 0.324 e. The minimum atomic E-state index is -0.225. The molecule has 2 rings (SSSR count). The van der Waals surface area contributed by atoms with E-state index in [1.54, 1.807) is 0 Å². The van der Waals surface area contributed by atoms with Crippen LogP contribution >= 0.6 is 0 Å². The molecule has 0 aliphatic carbocycles. The third-order valence-corrected chi connectivity index (χ3v) is 7.90. The Morgan fingerprint density at radius 2 is 0.941 bits per heavy atom. The highest BCUT2D eigenvalue weighted by Crippen LogP contribution is 2.38. The van der Waals surface area contributed by atoms with Crippen molar-refractivity contribution in [3.8, 4) is 0 Å². The van der Waals surface area contributed by atoms with E-state index >= 15 is 0 Å². The van der Waals surface area contributed by atoms with E-state index in [0.29, 0.717) is 26.6 Å². The lowest BCUT2D eigenvalue weighted by Gasteiger charge is -2.36. The van der Waals surface area contributed by atoms with Gasteiger partial charge < -0.3 is 14.7 Å². The van der Waals surface area contributed by atoms with Gasteiger partial charge in [0.1, 0.15) is 6.17 Å². The molecule has 3 atom stereocenters. The number of hydrogen-bond acceptors (Lipinski definition) is 6. The summed E-state index contributed by atoms with van der Waals surface area (Å²) < 4.78 is 0. The van der Waals surface area contributed by atoms with Crippen molar-refractivity contribution in [1.29, 1.82) is 0 Å². The minimum absolute atomic E-state index is 0.0652. The van der Waals surface area contributed by atoms with Crippen molar-refractivity contribution in [1.82, 2.24) is 34.3 Å². The van der Waals surface area contributed by atoms with Crippen molar-refractivity contribution in [2.75, 3.05) is 78.9 Å². The monoisotopic (exact) mass is 481 g/mol. The number of fused-ring (bicyclic) bond motifs is 1. The van der Waals surface area contributed by atoms with Crippen molar-refractivity contribution in [2.45, 2.75) is 67.6 Å². The van der Waals surface area contributed by atoms with Crippen LogP contribution < -0.4 is 0 Å². The van der Waals surface area contributed by atoms with Crippen LogP contribution in [-0.4, -0.2) is 137 Å². The molecule has 198 valence electrons. The van der Waals surface area contributed by atoms with Crippen LogP contribution in [0.5, 0.6) is 0 Å². The van der Waals surface area contributed by atoms with Crippen LogP contribution in [0.4, 0.5) is 4.79 Å². The second-order valence-corrected chi connectivity index (χ2v) is 9.36. The van der Waals surface area contributed by atoms with Crippen molar-refractivity contribution >= 4 is 11.9 Å². The normalized spacial score (nSPS) is 23.1. The number of urea groups is 1. The fourth-order valence-electron chi connectivity index (χ4n) is 5.33. The first-order valence-electron chi connectivity index (χ1n) is 13.6. The van der Waals surface area contributed by atoms with Gasteiger partial charge in [0.2, 0.25) is 5.91 Å². The summed E-state index contributed by atoms with van der Waals surface area (Å²) in [6.45, 7) is 26.6. The van der Waals surface area contributed by atoms with Crippen molar-refractivity contribution < 1.29 is 9.59 Å². The Kier molecular flexibility index (Phi) is 11.5. The third kappa shape index (κ3) is 6.04. The highest BCUT2D eigenvalue weighted by atomic mass is 16.2. The van der Waals surface area contributed by atoms with Crippen LogP contribution in [0.2, 0.25) is 0 Å². The molecule has 0 aromatic rings. The molecule has 2 aliphatic rings. The van der Waals surface area contributed by atoms with Crippen LogP contribution in [0.3, 0.4) is 0 Å². The second-order valence-electron chi connectivity index (χ2n) is 9.36. The molecular formula is C25H51N7O2. The molecule has 3 amide bonds. The molecule has 9 heteroatoms. The van der Waals surface area contributed by atoms with Gasteiger partial charge in [0.05, 0.1) is 32.0 Å². The molecule has 0 saturated carbocycles. The number of hydrogen-bond donors (Lipinski definition) is 0. The molecule has 2 heterocycles. The average molecular weight is 482 g/mol. The van der Waals surface area contributed by atoms with Crippen LogP contribution in [0.1, 0.15) is 55.4 Å². The first-order valence-corrected chi connectivity index (χ1v) is 13.6. The summed E-state index contributed by atoms with van der Waals surface area (Å²) in [6, 6.07) is -0.0669. The molecule has 2 saturated heterocycles. The van der Waals surface area contributed by atoms with Gasteiger partial charge in [-0.3, -0.25) is 24.4 Å². The van der Waals surface area contributed by atoms with Gasteiger partial charge >= 0.3 is 6.03 Å². The quantitative estimate of drug-likeness (QED) is 0.337. The van der Waals surface area contributed by atoms with E-state index in [0.717, 1.165) is 52.4 Å². The summed E-state index contributed by atoms with van der Waals surface area (Å²) in [5.41, 5.74) is 0. The maximum atomic E-state index is 14.0. The molecule has 34 heavy (non-hydrogen) atoms. The van der Waals surface area contributed by atoms with E-state index in [2.05, 4.69) is 75.0 Å². The Morgan fingerprint density at radius 3 is 1.35 bits per heavy atom. The number of carbonyl (C=O) groups is 2. The number of nitrogens with zero attached hydrogens (tertiary/aromatic N) is 7. The Morgan fingerprint density at radius 1 is 0.559 bits per heavy atom. The van der Waals surface area contributed by atoms with E-state index in [-0.39, 0.29) is 30.1 Å². The zero-order valence-electron chi connectivity index (χ0n) is 23.2. The van der Waals surface area contributed by atoms with Crippen LogP contribution in [0, 0.1) is 5.92 Å². The predicted molar refractivity (Wildman–Crippen MR) is 138 cm³/mol. The zero-order valence-corrected chi connectivity index (χ0v) is 23.2. The Balaban J connectivity index is 2.52. The highest BCUT2D eigenvalue weighted by molar-refractivity contribution is 5.88. The number of carbonyl (C=O) groups excluding carboxylic acids is 2. The molecule has 0 spiro atoms. The summed E-state index contributed by atoms with van der Waals surface area (Å²) in [6.07, 6.45) is -0.225. The Hall–Kier alpha value is -1.42. The molecule has 2 fully saturated rings. The molecular weight excluding hydrogens is 430 g/mol. The molecule has 0 unspecified atom stereocenters. The van der Waals surface area contributed by atoms with Gasteiger partial charge in [-0.05, 0) is 52.4 Å². The molecule has 0 bridgehead atoms. The standard InChI is InChI=1S/C25H51N7O2/c1-9-26(10-2)17-21-22-23(31(24(21)33)19-28(13-5)14-6)32(20-29(15-7)16-8)25(34)30(22)18-27(11-3)12-4/h21-23H,9-20H2,1-8H3/t21-,22+,23+/m1/s1. The fourth-order valence-corrected chi connectivity index (χ4v) is 5.33. The molecule has 0 aromatic heterocycles. The van der Waals surface area contributed by atoms with E-state index in [1.165, 1.54) is 0 Å². The zero-order chi connectivity index (χ0) is 25.4. The molecule has 0 radical (unpaired) electrons. The topological polar surface area (TPSA) is 56.8 Å². The Labute approximate surface area is 208 Å². The van der Waals surface area contributed by atoms with Crippen molar-refractivity contribution in [3.63, 3.8) is 0 Å². The number of likely N-dealkylation sites (tertiary alicyclic amines) is 1. The summed E-state index contributed by atoms with van der Waals surface area (Å²) in [7, 11) is 0. The summed E-state index contributed by atoms with van der Waals surface area (Å²) in [5, 5.41) is 0. The van der Waals surface area contributed by atoms with E-state index in [9.17, 15) is 9.59 Å². The summed E-state index contributed by atoms with van der Waals surface area (Å²) in [5.74, 6) is -0.0166. The smallest absolute Gasteiger partial charge is 0.306 e. The largest absolute Gasteiger partial charge is 0.324 e. The highest BCUT2D eigenvalue weighted by Gasteiger charge is 2.60. The fraction of sp³-hybridized carbons (Fsp3) is 0.920. The van der Waals surface area contributed by atoms with Crippen LogP contribution in [0.25, 0.3) is 0 Å². The lowest BCUT2D eigenvalue weighted by atomic mass is 10.00. The van der Waals surface area contributed by atoms with E-state index in [4.69, 9.17) is 0 Å². The van der Waals surface area contributed by atoms with Gasteiger partial charge in [-0.25, -0.2) is 4.79 Å². The van der Waals surface area contributed by atoms with Crippen molar-refractivity contribution in [2.24, 2.45) is 5.92 Å². The molecule has 2 aliphatic heterocycles. The molecule has 9 nitrogen and oxygen atoms in total. The third-order valence-electron chi connectivity index (χ3n) is 7.90. The second kappa shape index (κ2) is 13.6. The lowest BCUT2D eigenvalue weighted by molar-refractivity contribution is -0.136. The van der Waals surface area contributed by atoms with Gasteiger partial charge in [0.25, 0.3) is 0 Å². The Bertz CT molecular complexity index is 531. The van der Waals surface area contributed by atoms with Gasteiger partial charge in [-0.2, -0.15) is 0 Å².